The summed E-state index contributed by atoms with van der Waals surface area (Å²) in [5.41, 5.74) is 1.19. The van der Waals surface area contributed by atoms with Crippen molar-refractivity contribution in [2.24, 2.45) is 0 Å². The van der Waals surface area contributed by atoms with Crippen LogP contribution in [0, 0.1) is 0 Å². The lowest BCUT2D eigenvalue weighted by atomic mass is 10.1. The molecular weight excluding hydrogens is 303 g/mol. The van der Waals surface area contributed by atoms with E-state index in [0.717, 1.165) is 0 Å². The number of benzene rings is 2. The standard InChI is InChI=1S/C15H9Cl3O/c16-11-6-4-10(5-7-11)15(19)9-8-12-13(17)2-1-3-14(12)18/h1-9H. The topological polar surface area (TPSA) is 17.1 Å². The van der Waals surface area contributed by atoms with E-state index in [-0.39, 0.29) is 5.78 Å². The van der Waals surface area contributed by atoms with Crippen molar-refractivity contribution in [1.29, 1.82) is 0 Å². The lowest BCUT2D eigenvalue weighted by Gasteiger charge is -2.01. The second-order valence-electron chi connectivity index (χ2n) is 3.84. The Morgan fingerprint density at radius 2 is 1.47 bits per heavy atom. The molecule has 0 aliphatic heterocycles. The van der Waals surface area contributed by atoms with E-state index in [1.807, 2.05) is 0 Å². The van der Waals surface area contributed by atoms with Crippen molar-refractivity contribution in [3.05, 3.63) is 74.7 Å². The molecule has 0 heterocycles. The summed E-state index contributed by atoms with van der Waals surface area (Å²) in [5.74, 6) is -0.132. The van der Waals surface area contributed by atoms with Gasteiger partial charge in [-0.2, -0.15) is 0 Å². The van der Waals surface area contributed by atoms with Crippen molar-refractivity contribution >= 4 is 46.7 Å². The Bertz CT molecular complexity index is 610. The van der Waals surface area contributed by atoms with Gasteiger partial charge in [-0.1, -0.05) is 40.9 Å². The van der Waals surface area contributed by atoms with E-state index in [2.05, 4.69) is 0 Å². The van der Waals surface area contributed by atoms with Gasteiger partial charge in [0.15, 0.2) is 5.78 Å². The van der Waals surface area contributed by atoms with Gasteiger partial charge in [-0.05, 0) is 48.6 Å². The van der Waals surface area contributed by atoms with Crippen molar-refractivity contribution in [2.75, 3.05) is 0 Å². The highest BCUT2D eigenvalue weighted by Gasteiger charge is 2.04. The minimum absolute atomic E-state index is 0.132. The molecular formula is C15H9Cl3O. The Kier molecular flexibility index (Phi) is 4.65. The molecule has 0 amide bonds. The average Bonchev–Trinajstić information content (AvgIpc) is 2.38. The summed E-state index contributed by atoms with van der Waals surface area (Å²) in [6.45, 7) is 0. The first-order valence-corrected chi connectivity index (χ1v) is 6.63. The van der Waals surface area contributed by atoms with Gasteiger partial charge < -0.3 is 0 Å². The number of carbonyl (C=O) groups excluding carboxylic acids is 1. The van der Waals surface area contributed by atoms with Gasteiger partial charge in [0.05, 0.1) is 0 Å². The summed E-state index contributed by atoms with van der Waals surface area (Å²) in [6.07, 6.45) is 3.05. The highest BCUT2D eigenvalue weighted by atomic mass is 35.5. The van der Waals surface area contributed by atoms with Crippen molar-refractivity contribution in [3.8, 4) is 0 Å². The van der Waals surface area contributed by atoms with E-state index >= 15 is 0 Å². The molecule has 4 heteroatoms. The number of rotatable bonds is 3. The molecule has 2 aromatic rings. The van der Waals surface area contributed by atoms with Gasteiger partial charge in [0.25, 0.3) is 0 Å². The van der Waals surface area contributed by atoms with Crippen molar-refractivity contribution in [3.63, 3.8) is 0 Å². The highest BCUT2D eigenvalue weighted by molar-refractivity contribution is 6.37. The molecule has 0 spiro atoms. The van der Waals surface area contributed by atoms with Crippen molar-refractivity contribution < 1.29 is 4.79 Å². The largest absolute Gasteiger partial charge is 0.289 e. The Morgan fingerprint density at radius 3 is 2.05 bits per heavy atom. The molecule has 2 rings (SSSR count). The number of hydrogen-bond donors (Lipinski definition) is 0. The summed E-state index contributed by atoms with van der Waals surface area (Å²) >= 11 is 17.8. The fourth-order valence-electron chi connectivity index (χ4n) is 1.54. The van der Waals surface area contributed by atoms with Crippen LogP contribution in [0.25, 0.3) is 6.08 Å². The first-order chi connectivity index (χ1) is 9.08. The van der Waals surface area contributed by atoms with E-state index in [9.17, 15) is 4.79 Å². The molecule has 0 bridgehead atoms. The minimum Gasteiger partial charge on any atom is -0.289 e. The molecule has 0 N–H and O–H groups in total. The van der Waals surface area contributed by atoms with E-state index in [4.69, 9.17) is 34.8 Å². The van der Waals surface area contributed by atoms with Gasteiger partial charge in [-0.3, -0.25) is 4.79 Å². The lowest BCUT2D eigenvalue weighted by Crippen LogP contribution is -1.93. The maximum Gasteiger partial charge on any atom is 0.185 e. The highest BCUT2D eigenvalue weighted by Crippen LogP contribution is 2.25. The van der Waals surface area contributed by atoms with Crippen LogP contribution in [-0.4, -0.2) is 5.78 Å². The van der Waals surface area contributed by atoms with Crippen LogP contribution in [0.5, 0.6) is 0 Å². The van der Waals surface area contributed by atoms with Gasteiger partial charge in [0.1, 0.15) is 0 Å². The van der Waals surface area contributed by atoms with E-state index in [1.165, 1.54) is 6.08 Å². The van der Waals surface area contributed by atoms with Crippen LogP contribution in [0.4, 0.5) is 0 Å². The summed E-state index contributed by atoms with van der Waals surface area (Å²) in [6, 6.07) is 11.9. The number of halogens is 3. The quantitative estimate of drug-likeness (QED) is 0.537. The maximum absolute atomic E-state index is 11.9. The van der Waals surface area contributed by atoms with Crippen LogP contribution in [0.2, 0.25) is 15.1 Å². The third-order valence-corrected chi connectivity index (χ3v) is 3.44. The molecule has 0 radical (unpaired) electrons. The molecule has 0 aromatic heterocycles. The zero-order valence-electron chi connectivity index (χ0n) is 9.74. The fraction of sp³-hybridized carbons (Fsp3) is 0. The molecule has 2 aromatic carbocycles. The fourth-order valence-corrected chi connectivity index (χ4v) is 2.19. The summed E-state index contributed by atoms with van der Waals surface area (Å²) in [4.78, 5) is 11.9. The molecule has 0 aliphatic rings. The summed E-state index contributed by atoms with van der Waals surface area (Å²) in [5, 5.41) is 1.61. The number of hydrogen-bond acceptors (Lipinski definition) is 1. The van der Waals surface area contributed by atoms with Crippen LogP contribution in [0.1, 0.15) is 15.9 Å². The van der Waals surface area contributed by atoms with Crippen LogP contribution in [0.15, 0.2) is 48.5 Å². The summed E-state index contributed by atoms with van der Waals surface area (Å²) < 4.78 is 0. The van der Waals surface area contributed by atoms with E-state index in [1.54, 1.807) is 48.5 Å². The van der Waals surface area contributed by atoms with Crippen LogP contribution >= 0.6 is 34.8 Å². The average molecular weight is 312 g/mol. The third kappa shape index (κ3) is 3.60. The first-order valence-electron chi connectivity index (χ1n) is 5.50. The van der Waals surface area contributed by atoms with Crippen molar-refractivity contribution in [1.82, 2.24) is 0 Å². The van der Waals surface area contributed by atoms with E-state index < -0.39 is 0 Å². The third-order valence-electron chi connectivity index (χ3n) is 2.53. The Morgan fingerprint density at radius 1 is 0.895 bits per heavy atom. The van der Waals surface area contributed by atoms with Gasteiger partial charge in [-0.15, -0.1) is 0 Å². The SMILES string of the molecule is O=C(C=Cc1c(Cl)cccc1Cl)c1ccc(Cl)cc1. The molecule has 1 nitrogen and oxygen atoms in total. The predicted octanol–water partition coefficient (Wildman–Crippen LogP) is 5.54. The maximum atomic E-state index is 11.9. The summed E-state index contributed by atoms with van der Waals surface area (Å²) in [7, 11) is 0. The molecule has 0 aliphatic carbocycles. The van der Waals surface area contributed by atoms with Gasteiger partial charge in [0, 0.05) is 26.2 Å². The Labute approximate surface area is 126 Å². The second-order valence-corrected chi connectivity index (χ2v) is 5.09. The van der Waals surface area contributed by atoms with Crippen LogP contribution < -0.4 is 0 Å². The zero-order chi connectivity index (χ0) is 13.8. The number of ketones is 1. The molecule has 0 saturated carbocycles. The monoisotopic (exact) mass is 310 g/mol. The number of carbonyl (C=O) groups is 1. The zero-order valence-corrected chi connectivity index (χ0v) is 12.0. The Hall–Kier alpha value is -1.28. The normalized spacial score (nSPS) is 10.9. The molecule has 96 valence electrons. The smallest absolute Gasteiger partial charge is 0.185 e. The Balaban J connectivity index is 2.23. The number of allylic oxidation sites excluding steroid dienone is 1. The molecule has 0 saturated heterocycles. The predicted molar refractivity (Wildman–Crippen MR) is 81.3 cm³/mol. The molecule has 0 fully saturated rings. The van der Waals surface area contributed by atoms with Gasteiger partial charge in [0.2, 0.25) is 0 Å². The first kappa shape index (κ1) is 14.1. The minimum atomic E-state index is -0.132. The van der Waals surface area contributed by atoms with Gasteiger partial charge in [-0.25, -0.2) is 0 Å². The van der Waals surface area contributed by atoms with Crippen molar-refractivity contribution in [2.45, 2.75) is 0 Å². The second kappa shape index (κ2) is 6.25. The lowest BCUT2D eigenvalue weighted by molar-refractivity contribution is 0.104. The molecule has 0 unspecified atom stereocenters. The molecule has 0 atom stereocenters. The van der Waals surface area contributed by atoms with E-state index in [0.29, 0.717) is 26.2 Å². The molecule has 19 heavy (non-hydrogen) atoms. The van der Waals surface area contributed by atoms with Crippen LogP contribution in [-0.2, 0) is 0 Å². The van der Waals surface area contributed by atoms with Crippen LogP contribution in [0.3, 0.4) is 0 Å². The van der Waals surface area contributed by atoms with Gasteiger partial charge >= 0.3 is 0 Å².